The average molecular weight is 355 g/mol. The largest absolute Gasteiger partial charge is 0.398 e. The quantitative estimate of drug-likeness (QED) is 0.666. The topological polar surface area (TPSA) is 98.5 Å². The van der Waals surface area contributed by atoms with Crippen LogP contribution in [0.1, 0.15) is 51.1 Å². The Morgan fingerprint density at radius 1 is 1.23 bits per heavy atom. The van der Waals surface area contributed by atoms with Crippen LogP contribution in [-0.2, 0) is 13.5 Å². The minimum Gasteiger partial charge on any atom is -0.398 e. The number of aromatic amines is 1. The summed E-state index contributed by atoms with van der Waals surface area (Å²) < 4.78 is 1.76. The molecule has 1 fully saturated rings. The molecule has 26 heavy (non-hydrogen) atoms. The summed E-state index contributed by atoms with van der Waals surface area (Å²) in [6.45, 7) is 2.16. The minimum absolute atomic E-state index is 0.536. The number of anilines is 1. The summed E-state index contributed by atoms with van der Waals surface area (Å²) in [6.07, 6.45) is 14.3. The second-order valence-electron chi connectivity index (χ2n) is 7.19. The smallest absolute Gasteiger partial charge is 0.139 e. The van der Waals surface area contributed by atoms with Gasteiger partial charge in [-0.1, -0.05) is 32.6 Å². The zero-order valence-corrected chi connectivity index (χ0v) is 15.8. The molecular formula is C20H30N6. The number of nitrogen functional groups attached to an aromatic ring is 1. The van der Waals surface area contributed by atoms with E-state index in [0.717, 1.165) is 40.7 Å². The molecule has 0 spiro atoms. The summed E-state index contributed by atoms with van der Waals surface area (Å²) in [5.74, 6) is 0. The summed E-state index contributed by atoms with van der Waals surface area (Å²) in [6, 6.07) is 2.63. The van der Waals surface area contributed by atoms with Crippen molar-refractivity contribution >= 4 is 16.7 Å². The highest BCUT2D eigenvalue weighted by Gasteiger charge is 2.11. The van der Waals surface area contributed by atoms with Crippen LogP contribution in [0.2, 0.25) is 0 Å². The Bertz CT molecular complexity index is 841. The van der Waals surface area contributed by atoms with Crippen LogP contribution in [0.25, 0.3) is 22.2 Å². The normalized spacial score (nSPS) is 15.0. The van der Waals surface area contributed by atoms with E-state index in [2.05, 4.69) is 28.1 Å². The molecule has 6 nitrogen and oxygen atoms in total. The summed E-state index contributed by atoms with van der Waals surface area (Å²) in [7, 11) is 1.89. The third-order valence-corrected chi connectivity index (χ3v) is 4.94. The van der Waals surface area contributed by atoms with Gasteiger partial charge in [-0.15, -0.1) is 0 Å². The Kier molecular flexibility index (Phi) is 5.93. The Morgan fingerprint density at radius 2 is 2.00 bits per heavy atom. The molecule has 3 aromatic rings. The Balaban J connectivity index is 0.000000236. The van der Waals surface area contributed by atoms with Gasteiger partial charge in [0.25, 0.3) is 0 Å². The number of hydrogen-bond donors (Lipinski definition) is 3. The number of pyridine rings is 1. The molecule has 5 N–H and O–H groups in total. The molecule has 0 amide bonds. The zero-order chi connectivity index (χ0) is 18.5. The summed E-state index contributed by atoms with van der Waals surface area (Å²) in [4.78, 5) is 7.77. The SMILES string of the molecule is CCCc1cc2c(N)c(-c3cnn(C)c3)cnc2[nH]1.NC1CCCCC1. The lowest BCUT2D eigenvalue weighted by molar-refractivity contribution is 0.441. The molecule has 6 heteroatoms. The fourth-order valence-corrected chi connectivity index (χ4v) is 3.48. The maximum Gasteiger partial charge on any atom is 0.139 e. The van der Waals surface area contributed by atoms with Gasteiger partial charge in [0.2, 0.25) is 0 Å². The van der Waals surface area contributed by atoms with Crippen LogP contribution in [0.5, 0.6) is 0 Å². The van der Waals surface area contributed by atoms with Gasteiger partial charge < -0.3 is 16.5 Å². The first-order valence-corrected chi connectivity index (χ1v) is 9.59. The van der Waals surface area contributed by atoms with Crippen molar-refractivity contribution in [2.75, 3.05) is 5.73 Å². The number of aryl methyl sites for hydroxylation is 2. The molecule has 0 atom stereocenters. The van der Waals surface area contributed by atoms with Gasteiger partial charge >= 0.3 is 0 Å². The van der Waals surface area contributed by atoms with Crippen molar-refractivity contribution in [1.29, 1.82) is 0 Å². The summed E-state index contributed by atoms with van der Waals surface area (Å²) in [5, 5.41) is 5.16. The van der Waals surface area contributed by atoms with Gasteiger partial charge in [-0.05, 0) is 25.3 Å². The van der Waals surface area contributed by atoms with Gasteiger partial charge in [0.15, 0.2) is 0 Å². The Labute approximate surface area is 155 Å². The number of nitrogens with one attached hydrogen (secondary N) is 1. The lowest BCUT2D eigenvalue weighted by Gasteiger charge is -2.15. The molecule has 1 aliphatic rings. The summed E-state index contributed by atoms with van der Waals surface area (Å²) >= 11 is 0. The van der Waals surface area contributed by atoms with E-state index in [1.807, 2.05) is 13.2 Å². The fraction of sp³-hybridized carbons (Fsp3) is 0.500. The number of fused-ring (bicyclic) bond motifs is 1. The molecule has 140 valence electrons. The molecule has 3 heterocycles. The van der Waals surface area contributed by atoms with Crippen LogP contribution in [0.15, 0.2) is 24.7 Å². The van der Waals surface area contributed by atoms with E-state index in [0.29, 0.717) is 6.04 Å². The lowest BCUT2D eigenvalue weighted by atomic mass is 9.97. The van der Waals surface area contributed by atoms with Crippen molar-refractivity contribution in [2.45, 2.75) is 57.9 Å². The summed E-state index contributed by atoms with van der Waals surface area (Å²) in [5.41, 5.74) is 16.6. The molecule has 0 saturated heterocycles. The van der Waals surface area contributed by atoms with Gasteiger partial charge in [0.05, 0.1) is 11.9 Å². The Hall–Kier alpha value is -2.34. The van der Waals surface area contributed by atoms with Gasteiger partial charge in [-0.2, -0.15) is 5.10 Å². The number of rotatable bonds is 3. The molecule has 0 aromatic carbocycles. The van der Waals surface area contributed by atoms with Crippen LogP contribution < -0.4 is 11.5 Å². The lowest BCUT2D eigenvalue weighted by Crippen LogP contribution is -2.22. The van der Waals surface area contributed by atoms with Gasteiger partial charge in [-0.3, -0.25) is 4.68 Å². The molecule has 0 bridgehead atoms. The van der Waals surface area contributed by atoms with E-state index < -0.39 is 0 Å². The standard InChI is InChI=1S/C14H17N5.C6H13N/c1-3-4-10-5-11-13(15)12(7-16-14(11)18-10)9-6-17-19(2)8-9;7-6-4-2-1-3-5-6/h5-8H,3-4H2,1-2H3,(H3,15,16,18);6H,1-5,7H2. The maximum absolute atomic E-state index is 6.27. The van der Waals surface area contributed by atoms with Crippen LogP contribution in [-0.4, -0.2) is 25.8 Å². The van der Waals surface area contributed by atoms with Crippen molar-refractivity contribution in [3.8, 4) is 11.1 Å². The third kappa shape index (κ3) is 4.25. The van der Waals surface area contributed by atoms with Crippen molar-refractivity contribution < 1.29 is 0 Å². The number of aromatic nitrogens is 4. The van der Waals surface area contributed by atoms with Crippen LogP contribution in [0, 0.1) is 0 Å². The highest BCUT2D eigenvalue weighted by atomic mass is 15.2. The minimum atomic E-state index is 0.536. The molecule has 3 aromatic heterocycles. The second kappa shape index (κ2) is 8.36. The fourth-order valence-electron chi connectivity index (χ4n) is 3.48. The van der Waals surface area contributed by atoms with Crippen LogP contribution >= 0.6 is 0 Å². The van der Waals surface area contributed by atoms with Crippen molar-refractivity contribution in [2.24, 2.45) is 12.8 Å². The van der Waals surface area contributed by atoms with E-state index >= 15 is 0 Å². The van der Waals surface area contributed by atoms with E-state index in [-0.39, 0.29) is 0 Å². The maximum atomic E-state index is 6.27. The highest BCUT2D eigenvalue weighted by Crippen LogP contribution is 2.31. The van der Waals surface area contributed by atoms with Crippen molar-refractivity contribution in [3.63, 3.8) is 0 Å². The number of nitrogens with zero attached hydrogens (tertiary/aromatic N) is 3. The molecule has 4 rings (SSSR count). The van der Waals surface area contributed by atoms with E-state index in [1.54, 1.807) is 17.1 Å². The highest BCUT2D eigenvalue weighted by molar-refractivity contribution is 5.97. The van der Waals surface area contributed by atoms with Gasteiger partial charge in [-0.25, -0.2) is 4.98 Å². The number of nitrogens with two attached hydrogens (primary N) is 2. The first-order valence-electron chi connectivity index (χ1n) is 9.59. The predicted molar refractivity (Wildman–Crippen MR) is 108 cm³/mol. The molecule has 1 aliphatic carbocycles. The first-order chi connectivity index (χ1) is 12.6. The number of hydrogen-bond acceptors (Lipinski definition) is 4. The van der Waals surface area contributed by atoms with E-state index in [9.17, 15) is 0 Å². The van der Waals surface area contributed by atoms with Gasteiger partial charge in [0.1, 0.15) is 5.65 Å². The molecular weight excluding hydrogens is 324 g/mol. The second-order valence-corrected chi connectivity index (χ2v) is 7.19. The monoisotopic (exact) mass is 354 g/mol. The predicted octanol–water partition coefficient (Wildman–Crippen LogP) is 3.78. The van der Waals surface area contributed by atoms with Crippen molar-refractivity contribution in [1.82, 2.24) is 19.7 Å². The van der Waals surface area contributed by atoms with Crippen molar-refractivity contribution in [3.05, 3.63) is 30.4 Å². The van der Waals surface area contributed by atoms with E-state index in [1.165, 1.54) is 37.8 Å². The Morgan fingerprint density at radius 3 is 2.58 bits per heavy atom. The number of H-pyrrole nitrogens is 1. The average Bonchev–Trinajstić information content (AvgIpc) is 3.23. The first kappa shape index (κ1) is 18.5. The van der Waals surface area contributed by atoms with Crippen LogP contribution in [0.3, 0.4) is 0 Å². The van der Waals surface area contributed by atoms with Gasteiger partial charge in [0, 0.05) is 47.7 Å². The molecule has 0 radical (unpaired) electrons. The zero-order valence-electron chi connectivity index (χ0n) is 15.8. The molecule has 0 aliphatic heterocycles. The third-order valence-electron chi connectivity index (χ3n) is 4.94. The van der Waals surface area contributed by atoms with E-state index in [4.69, 9.17) is 11.5 Å². The molecule has 0 unspecified atom stereocenters. The van der Waals surface area contributed by atoms with Crippen LogP contribution in [0.4, 0.5) is 5.69 Å². The molecule has 1 saturated carbocycles.